The molecule has 1 unspecified atom stereocenters. The molecule has 1 atom stereocenters. The minimum atomic E-state index is -1.31. The molecule has 1 rings (SSSR count). The van der Waals surface area contributed by atoms with E-state index in [4.69, 9.17) is 4.43 Å². The van der Waals surface area contributed by atoms with Crippen LogP contribution in [0, 0.1) is 0 Å². The first-order valence-electron chi connectivity index (χ1n) is 4.17. The van der Waals surface area contributed by atoms with Crippen LogP contribution in [0.3, 0.4) is 0 Å². The van der Waals surface area contributed by atoms with E-state index in [0.717, 1.165) is 6.61 Å². The highest BCUT2D eigenvalue weighted by atomic mass is 28.3. The van der Waals surface area contributed by atoms with Gasteiger partial charge in [0.05, 0.1) is 0 Å². The Hall–Kier alpha value is -0.863. The van der Waals surface area contributed by atoms with Crippen molar-refractivity contribution in [1.82, 2.24) is 0 Å². The van der Waals surface area contributed by atoms with E-state index in [1.54, 1.807) is 0 Å². The van der Waals surface area contributed by atoms with E-state index >= 15 is 0 Å². The summed E-state index contributed by atoms with van der Waals surface area (Å²) in [7, 11) is -1.31. The molecular weight excluding hydrogens is 164 g/mol. The van der Waals surface area contributed by atoms with E-state index in [-0.39, 0.29) is 0 Å². The van der Waals surface area contributed by atoms with Crippen molar-refractivity contribution in [1.29, 1.82) is 0 Å². The summed E-state index contributed by atoms with van der Waals surface area (Å²) in [4.78, 5) is 0. The van der Waals surface area contributed by atoms with Gasteiger partial charge < -0.3 is 4.43 Å². The second kappa shape index (κ2) is 4.90. The highest BCUT2D eigenvalue weighted by Crippen LogP contribution is 1.91. The summed E-state index contributed by atoms with van der Waals surface area (Å²) in [5.41, 5.74) is 1.96. The van der Waals surface area contributed by atoms with E-state index in [2.05, 4.69) is 18.7 Å². The third-order valence-electron chi connectivity index (χ3n) is 1.69. The molecule has 0 saturated carbocycles. The zero-order valence-electron chi connectivity index (χ0n) is 7.36. The normalized spacial score (nSPS) is 12.4. The van der Waals surface area contributed by atoms with Gasteiger partial charge in [-0.05, 0) is 12.1 Å². The van der Waals surface area contributed by atoms with Gasteiger partial charge in [0, 0.05) is 6.61 Å². The van der Waals surface area contributed by atoms with Gasteiger partial charge in [0.1, 0.15) is 0 Å². The predicted molar refractivity (Wildman–Crippen MR) is 55.0 cm³/mol. The van der Waals surface area contributed by atoms with Crippen molar-refractivity contribution in [3.8, 4) is 0 Å². The molecule has 1 aromatic rings. The Balaban J connectivity index is 2.73. The van der Waals surface area contributed by atoms with Crippen molar-refractivity contribution in [3.05, 3.63) is 42.6 Å². The van der Waals surface area contributed by atoms with Crippen LogP contribution < -0.4 is 5.19 Å². The van der Waals surface area contributed by atoms with E-state index in [1.165, 1.54) is 5.19 Å². The second-order valence-corrected chi connectivity index (χ2v) is 4.83. The Bertz CT molecular complexity index is 233. The van der Waals surface area contributed by atoms with Crippen molar-refractivity contribution in [2.75, 3.05) is 6.61 Å². The number of hydrogen-bond donors (Lipinski definition) is 0. The molecule has 0 aromatic heterocycles. The number of hydrogen-bond acceptors (Lipinski definition) is 1. The Morgan fingerprint density at radius 1 is 1.42 bits per heavy atom. The summed E-state index contributed by atoms with van der Waals surface area (Å²) in [6.07, 6.45) is 0. The van der Waals surface area contributed by atoms with E-state index in [9.17, 15) is 0 Å². The minimum absolute atomic E-state index is 0.776. The van der Waals surface area contributed by atoms with Crippen molar-refractivity contribution in [2.45, 2.75) is 6.92 Å². The van der Waals surface area contributed by atoms with Gasteiger partial charge in [-0.1, -0.05) is 36.0 Å². The first kappa shape index (κ1) is 9.23. The molecule has 0 amide bonds. The van der Waals surface area contributed by atoms with Crippen LogP contribution in [0.25, 0.3) is 0 Å². The molecule has 1 nitrogen and oxygen atoms in total. The lowest BCUT2D eigenvalue weighted by molar-refractivity contribution is 0.357. The van der Waals surface area contributed by atoms with Crippen LogP contribution in [0.5, 0.6) is 0 Å². The van der Waals surface area contributed by atoms with Gasteiger partial charge >= 0.3 is 0 Å². The average Bonchev–Trinajstić information content (AvgIpc) is 2.15. The monoisotopic (exact) mass is 178 g/mol. The van der Waals surface area contributed by atoms with Crippen LogP contribution in [0.1, 0.15) is 6.92 Å². The zero-order chi connectivity index (χ0) is 8.81. The Labute approximate surface area is 75.4 Å². The lowest BCUT2D eigenvalue weighted by Crippen LogP contribution is -2.31. The highest BCUT2D eigenvalue weighted by molar-refractivity contribution is 6.72. The van der Waals surface area contributed by atoms with Gasteiger partial charge in [-0.3, -0.25) is 0 Å². The van der Waals surface area contributed by atoms with Crippen molar-refractivity contribution in [2.24, 2.45) is 0 Å². The van der Waals surface area contributed by atoms with Crippen LogP contribution in [0.2, 0.25) is 0 Å². The molecule has 2 heteroatoms. The molecule has 0 radical (unpaired) electrons. The largest absolute Gasteiger partial charge is 0.412 e. The zero-order valence-corrected chi connectivity index (χ0v) is 8.52. The maximum atomic E-state index is 5.60. The Morgan fingerprint density at radius 3 is 2.58 bits per heavy atom. The van der Waals surface area contributed by atoms with E-state index < -0.39 is 9.04 Å². The SMILES string of the molecule is C=C[SiH](OCC)c1ccccc1. The first-order valence-corrected chi connectivity index (χ1v) is 5.89. The lowest BCUT2D eigenvalue weighted by atomic mass is 10.4. The topological polar surface area (TPSA) is 9.23 Å². The summed E-state index contributed by atoms with van der Waals surface area (Å²) in [6.45, 7) is 6.59. The third kappa shape index (κ3) is 2.32. The molecular formula is C10H14OSi. The summed E-state index contributed by atoms with van der Waals surface area (Å²) in [5.74, 6) is 0. The fourth-order valence-corrected chi connectivity index (χ4v) is 2.68. The standard InChI is InChI=1S/C10H14OSi/c1-3-11-12(4-2)10-8-6-5-7-9-10/h4-9,12H,2-3H2,1H3. The summed E-state index contributed by atoms with van der Waals surface area (Å²) < 4.78 is 5.60. The maximum absolute atomic E-state index is 5.60. The van der Waals surface area contributed by atoms with Gasteiger partial charge in [0.25, 0.3) is 0 Å². The molecule has 0 bridgehead atoms. The van der Waals surface area contributed by atoms with Gasteiger partial charge in [0.2, 0.25) is 9.04 Å². The van der Waals surface area contributed by atoms with Gasteiger partial charge in [-0.15, -0.1) is 6.58 Å². The molecule has 64 valence electrons. The Kier molecular flexibility index (Phi) is 3.77. The van der Waals surface area contributed by atoms with Crippen LogP contribution in [-0.2, 0) is 4.43 Å². The number of benzene rings is 1. The summed E-state index contributed by atoms with van der Waals surface area (Å²) >= 11 is 0. The lowest BCUT2D eigenvalue weighted by Gasteiger charge is -2.09. The molecule has 0 N–H and O–H groups in total. The van der Waals surface area contributed by atoms with Crippen molar-refractivity contribution < 1.29 is 4.43 Å². The predicted octanol–water partition coefficient (Wildman–Crippen LogP) is 1.38. The smallest absolute Gasteiger partial charge is 0.232 e. The maximum Gasteiger partial charge on any atom is 0.232 e. The van der Waals surface area contributed by atoms with Gasteiger partial charge in [-0.2, -0.15) is 0 Å². The quantitative estimate of drug-likeness (QED) is 0.633. The second-order valence-electron chi connectivity index (χ2n) is 2.52. The molecule has 0 aliphatic heterocycles. The average molecular weight is 178 g/mol. The van der Waals surface area contributed by atoms with E-state index in [0.29, 0.717) is 0 Å². The van der Waals surface area contributed by atoms with Crippen LogP contribution >= 0.6 is 0 Å². The molecule has 0 aliphatic rings. The molecule has 0 aliphatic carbocycles. The van der Waals surface area contributed by atoms with Crippen LogP contribution in [0.15, 0.2) is 42.6 Å². The number of rotatable bonds is 4. The molecule has 0 spiro atoms. The van der Waals surface area contributed by atoms with Gasteiger partial charge in [0.15, 0.2) is 0 Å². The molecule has 0 saturated heterocycles. The van der Waals surface area contributed by atoms with Crippen molar-refractivity contribution >= 4 is 14.2 Å². The van der Waals surface area contributed by atoms with Crippen molar-refractivity contribution in [3.63, 3.8) is 0 Å². The van der Waals surface area contributed by atoms with Gasteiger partial charge in [-0.25, -0.2) is 0 Å². The summed E-state index contributed by atoms with van der Waals surface area (Å²) in [6, 6.07) is 10.3. The summed E-state index contributed by atoms with van der Waals surface area (Å²) in [5, 5.41) is 1.30. The fraction of sp³-hybridized carbons (Fsp3) is 0.200. The minimum Gasteiger partial charge on any atom is -0.412 e. The van der Waals surface area contributed by atoms with Crippen LogP contribution in [-0.4, -0.2) is 15.6 Å². The van der Waals surface area contributed by atoms with E-state index in [1.807, 2.05) is 30.8 Å². The Morgan fingerprint density at radius 2 is 2.08 bits per heavy atom. The first-order chi connectivity index (χ1) is 5.88. The fourth-order valence-electron chi connectivity index (χ4n) is 1.12. The molecule has 1 aromatic carbocycles. The third-order valence-corrected chi connectivity index (χ3v) is 3.85. The van der Waals surface area contributed by atoms with Crippen LogP contribution in [0.4, 0.5) is 0 Å². The molecule has 0 heterocycles. The highest BCUT2D eigenvalue weighted by Gasteiger charge is 2.07. The molecule has 12 heavy (non-hydrogen) atoms. The molecule has 0 fully saturated rings.